The third kappa shape index (κ3) is 3.39. The van der Waals surface area contributed by atoms with E-state index in [4.69, 9.17) is 0 Å². The highest BCUT2D eigenvalue weighted by Gasteiger charge is 2.18. The van der Waals surface area contributed by atoms with Crippen LogP contribution < -0.4 is 0 Å². The first-order chi connectivity index (χ1) is 9.69. The average Bonchev–Trinajstić information content (AvgIpc) is 2.23. The fraction of sp³-hybridized carbons (Fsp3) is 0.333. The number of rotatable bonds is 3. The Morgan fingerprint density at radius 3 is 1.81 bits per heavy atom. The van der Waals surface area contributed by atoms with Crippen LogP contribution in [0.5, 0.6) is 0 Å². The predicted molar refractivity (Wildman–Crippen MR) is 82.4 cm³/mol. The van der Waals surface area contributed by atoms with E-state index in [0.717, 1.165) is 5.56 Å². The number of sulfonamides is 1. The Bertz CT molecular complexity index is 755. The van der Waals surface area contributed by atoms with Gasteiger partial charge >= 0.3 is 0 Å². The molecule has 0 aliphatic rings. The molecule has 0 bridgehead atoms. The molecule has 0 aliphatic carbocycles. The van der Waals surface area contributed by atoms with Gasteiger partial charge in [0.2, 0.25) is 10.0 Å². The molecule has 2 aromatic rings. The Labute approximate surface area is 125 Å². The Hall–Kier alpha value is -1.95. The van der Waals surface area contributed by atoms with Crippen LogP contribution in [0.4, 0.5) is 5.95 Å². The van der Waals surface area contributed by atoms with Gasteiger partial charge in [0.1, 0.15) is 0 Å². The van der Waals surface area contributed by atoms with Gasteiger partial charge in [0.05, 0.1) is 4.90 Å². The van der Waals surface area contributed by atoms with Crippen molar-refractivity contribution >= 4 is 16.0 Å². The molecule has 1 aromatic heterocycles. The zero-order chi connectivity index (χ0) is 15.8. The molecule has 0 N–H and O–H groups in total. The van der Waals surface area contributed by atoms with Gasteiger partial charge in [-0.25, -0.2) is 8.42 Å². The van der Waals surface area contributed by atoms with Crippen LogP contribution in [0.2, 0.25) is 0 Å². The predicted octanol–water partition coefficient (Wildman–Crippen LogP) is 3.41. The molecule has 0 unspecified atom stereocenters. The van der Waals surface area contributed by atoms with Gasteiger partial charge in [-0.15, -0.1) is 0 Å². The van der Waals surface area contributed by atoms with Gasteiger partial charge in [-0.2, -0.15) is 0 Å². The Balaban J connectivity index is 2.48. The highest BCUT2D eigenvalue weighted by Crippen LogP contribution is 2.30. The number of aromatic nitrogens is 2. The van der Waals surface area contributed by atoms with Crippen LogP contribution in [0.1, 0.15) is 28.1 Å². The molecule has 1 aromatic carbocycles. The van der Waals surface area contributed by atoms with Crippen molar-refractivity contribution in [3.63, 3.8) is 0 Å². The quantitative estimate of drug-likeness (QED) is 0.871. The molecule has 0 saturated carbocycles. The molecule has 0 saturated heterocycles. The first-order valence-corrected chi connectivity index (χ1v) is 8.01. The molecule has 0 radical (unpaired) electrons. The number of hydrogen-bond donors (Lipinski definition) is 0. The normalized spacial score (nSPS) is 11.5. The lowest BCUT2D eigenvalue weighted by atomic mass is 10.1. The number of benzene rings is 1. The van der Waals surface area contributed by atoms with Crippen molar-refractivity contribution in [3.05, 3.63) is 51.0 Å². The summed E-state index contributed by atoms with van der Waals surface area (Å²) in [6.45, 7) is 9.03. The second kappa shape index (κ2) is 5.44. The summed E-state index contributed by atoms with van der Waals surface area (Å²) >= 11 is 0. The standard InChI is InChI=1S/C15H18N3O2S/c1-9-6-10(2)14(11(3)7-9)21(19,20)18-15-16-12(4)8-13(5)17-15/h6-8H,1-5H3/q-1. The molecule has 112 valence electrons. The summed E-state index contributed by atoms with van der Waals surface area (Å²) in [6.07, 6.45) is 0. The molecule has 1 heterocycles. The van der Waals surface area contributed by atoms with Crippen LogP contribution in [-0.2, 0) is 10.0 Å². The zero-order valence-electron chi connectivity index (χ0n) is 12.8. The van der Waals surface area contributed by atoms with Crippen LogP contribution in [0, 0.1) is 34.6 Å². The second-order valence-electron chi connectivity index (χ2n) is 5.24. The van der Waals surface area contributed by atoms with Crippen molar-refractivity contribution in [2.45, 2.75) is 39.5 Å². The molecular weight excluding hydrogens is 286 g/mol. The Morgan fingerprint density at radius 1 is 0.857 bits per heavy atom. The number of aryl methyl sites for hydroxylation is 5. The number of nitrogens with zero attached hydrogens (tertiary/aromatic N) is 3. The summed E-state index contributed by atoms with van der Waals surface area (Å²) in [4.78, 5) is 8.36. The van der Waals surface area contributed by atoms with Gasteiger partial charge in [0.25, 0.3) is 0 Å². The van der Waals surface area contributed by atoms with Crippen LogP contribution in [0.3, 0.4) is 0 Å². The molecule has 0 fully saturated rings. The van der Waals surface area contributed by atoms with E-state index in [1.165, 1.54) is 0 Å². The molecule has 0 aliphatic heterocycles. The summed E-state index contributed by atoms with van der Waals surface area (Å²) in [5.41, 5.74) is 3.76. The highest BCUT2D eigenvalue weighted by molar-refractivity contribution is 7.94. The van der Waals surface area contributed by atoms with Crippen molar-refractivity contribution in [2.75, 3.05) is 0 Å². The summed E-state index contributed by atoms with van der Waals surface area (Å²) in [6, 6.07) is 5.43. The minimum atomic E-state index is -3.82. The fourth-order valence-electron chi connectivity index (χ4n) is 2.47. The fourth-order valence-corrected chi connectivity index (χ4v) is 3.79. The number of hydrogen-bond acceptors (Lipinski definition) is 4. The summed E-state index contributed by atoms with van der Waals surface area (Å²) < 4.78 is 28.8. The van der Waals surface area contributed by atoms with E-state index in [2.05, 4.69) is 14.7 Å². The van der Waals surface area contributed by atoms with Crippen LogP contribution in [0.15, 0.2) is 23.1 Å². The molecule has 0 spiro atoms. The van der Waals surface area contributed by atoms with Gasteiger partial charge < -0.3 is 9.97 Å². The van der Waals surface area contributed by atoms with Gasteiger partial charge in [-0.05, 0) is 57.1 Å². The summed E-state index contributed by atoms with van der Waals surface area (Å²) in [5.74, 6) is -0.0214. The molecule has 5 nitrogen and oxygen atoms in total. The monoisotopic (exact) mass is 304 g/mol. The van der Waals surface area contributed by atoms with E-state index in [1.807, 2.05) is 19.1 Å². The molecule has 6 heteroatoms. The van der Waals surface area contributed by atoms with Gasteiger partial charge in [0, 0.05) is 5.95 Å². The zero-order valence-corrected chi connectivity index (χ0v) is 13.6. The minimum absolute atomic E-state index is 0.0214. The maximum atomic E-state index is 12.5. The van der Waals surface area contributed by atoms with E-state index >= 15 is 0 Å². The van der Waals surface area contributed by atoms with E-state index in [9.17, 15) is 8.42 Å². The van der Waals surface area contributed by atoms with Crippen LogP contribution in [0.25, 0.3) is 4.72 Å². The largest absolute Gasteiger partial charge is 0.363 e. The first-order valence-electron chi connectivity index (χ1n) is 6.57. The highest BCUT2D eigenvalue weighted by atomic mass is 32.2. The van der Waals surface area contributed by atoms with Crippen molar-refractivity contribution in [1.29, 1.82) is 0 Å². The maximum absolute atomic E-state index is 12.5. The second-order valence-corrected chi connectivity index (χ2v) is 6.79. The first kappa shape index (κ1) is 15.4. The van der Waals surface area contributed by atoms with E-state index in [1.54, 1.807) is 33.8 Å². The smallest absolute Gasteiger partial charge is 0.229 e. The molecule has 2 rings (SSSR count). The van der Waals surface area contributed by atoms with E-state index in [0.29, 0.717) is 22.5 Å². The van der Waals surface area contributed by atoms with Crippen LogP contribution >= 0.6 is 0 Å². The van der Waals surface area contributed by atoms with Crippen molar-refractivity contribution < 1.29 is 8.42 Å². The average molecular weight is 304 g/mol. The molecule has 0 amide bonds. The Kier molecular flexibility index (Phi) is 4.00. The Morgan fingerprint density at radius 2 is 1.33 bits per heavy atom. The molecule has 0 atom stereocenters. The van der Waals surface area contributed by atoms with Crippen molar-refractivity contribution in [3.8, 4) is 0 Å². The lowest BCUT2D eigenvalue weighted by molar-refractivity contribution is 0.602. The topological polar surface area (TPSA) is 74.0 Å². The van der Waals surface area contributed by atoms with Gasteiger partial charge in [-0.3, -0.25) is 4.72 Å². The maximum Gasteiger partial charge on any atom is 0.229 e. The molecular formula is C15H18N3O2S-. The van der Waals surface area contributed by atoms with E-state index < -0.39 is 10.0 Å². The lowest BCUT2D eigenvalue weighted by Crippen LogP contribution is -2.05. The third-order valence-electron chi connectivity index (χ3n) is 3.03. The summed E-state index contributed by atoms with van der Waals surface area (Å²) in [7, 11) is -3.82. The van der Waals surface area contributed by atoms with Crippen molar-refractivity contribution in [2.24, 2.45) is 0 Å². The van der Waals surface area contributed by atoms with Gasteiger partial charge in [0.15, 0.2) is 0 Å². The summed E-state index contributed by atoms with van der Waals surface area (Å²) in [5, 5.41) is 0. The minimum Gasteiger partial charge on any atom is -0.363 e. The molecule has 21 heavy (non-hydrogen) atoms. The van der Waals surface area contributed by atoms with E-state index in [-0.39, 0.29) is 10.8 Å². The lowest BCUT2D eigenvalue weighted by Gasteiger charge is -2.18. The van der Waals surface area contributed by atoms with Gasteiger partial charge in [-0.1, -0.05) is 23.8 Å². The van der Waals surface area contributed by atoms with Crippen molar-refractivity contribution in [1.82, 2.24) is 9.97 Å². The van der Waals surface area contributed by atoms with Crippen LogP contribution in [-0.4, -0.2) is 18.4 Å². The SMILES string of the molecule is Cc1cc(C)c(S(=O)(=O)[N-]c2nc(C)cc(C)n2)c(C)c1. The third-order valence-corrected chi connectivity index (χ3v) is 4.60.